The fourth-order valence-corrected chi connectivity index (χ4v) is 6.77. The van der Waals surface area contributed by atoms with Crippen molar-refractivity contribution in [2.75, 3.05) is 26.3 Å². The third-order valence-electron chi connectivity index (χ3n) is 6.67. The molecule has 9 heteroatoms. The second-order valence-electron chi connectivity index (χ2n) is 9.45. The van der Waals surface area contributed by atoms with Crippen LogP contribution in [0, 0.1) is 5.92 Å². The first kappa shape index (κ1) is 24.5. The lowest BCUT2D eigenvalue weighted by atomic mass is 9.96. The quantitative estimate of drug-likeness (QED) is 0.367. The molecule has 186 valence electrons. The highest BCUT2D eigenvalue weighted by molar-refractivity contribution is 8.00. The second-order valence-corrected chi connectivity index (χ2v) is 11.8. The summed E-state index contributed by atoms with van der Waals surface area (Å²) in [6.45, 7) is 9.45. The minimum Gasteiger partial charge on any atom is -0.378 e. The van der Waals surface area contributed by atoms with Gasteiger partial charge in [0.2, 0.25) is 5.91 Å². The lowest BCUT2D eigenvalue weighted by molar-refractivity contribution is -0.134. The van der Waals surface area contributed by atoms with Crippen molar-refractivity contribution in [1.29, 1.82) is 0 Å². The van der Waals surface area contributed by atoms with Crippen molar-refractivity contribution in [3.63, 3.8) is 0 Å². The lowest BCUT2D eigenvalue weighted by Crippen LogP contribution is -2.44. The van der Waals surface area contributed by atoms with Gasteiger partial charge >= 0.3 is 0 Å². The van der Waals surface area contributed by atoms with E-state index in [1.165, 1.54) is 11.8 Å². The summed E-state index contributed by atoms with van der Waals surface area (Å²) in [7, 11) is 0. The van der Waals surface area contributed by atoms with Crippen LogP contribution in [0.5, 0.6) is 0 Å². The van der Waals surface area contributed by atoms with Crippen LogP contribution in [0.1, 0.15) is 36.8 Å². The minimum absolute atomic E-state index is 0.0331. The molecule has 1 aromatic carbocycles. The Morgan fingerprint density at radius 1 is 1.20 bits per heavy atom. The van der Waals surface area contributed by atoms with Gasteiger partial charge in [0.05, 0.1) is 43.1 Å². The van der Waals surface area contributed by atoms with Crippen LogP contribution in [0.15, 0.2) is 40.3 Å². The molecule has 2 aliphatic rings. The maximum absolute atomic E-state index is 14.0. The summed E-state index contributed by atoms with van der Waals surface area (Å²) in [5.41, 5.74) is 2.08. The van der Waals surface area contributed by atoms with E-state index in [9.17, 15) is 9.59 Å². The molecule has 0 radical (unpaired) electrons. The van der Waals surface area contributed by atoms with Crippen molar-refractivity contribution in [1.82, 2.24) is 14.5 Å². The van der Waals surface area contributed by atoms with E-state index in [-0.39, 0.29) is 22.8 Å². The smallest absolute Gasteiger partial charge is 0.263 e. The number of aromatic nitrogens is 2. The Balaban J connectivity index is 1.55. The summed E-state index contributed by atoms with van der Waals surface area (Å²) in [5.74, 6) is 0.428. The third kappa shape index (κ3) is 5.05. The summed E-state index contributed by atoms with van der Waals surface area (Å²) in [4.78, 5) is 35.7. The normalized spacial score (nSPS) is 19.2. The van der Waals surface area contributed by atoms with Gasteiger partial charge in [-0.15, -0.1) is 11.3 Å². The van der Waals surface area contributed by atoms with E-state index in [0.717, 1.165) is 27.3 Å². The molecule has 0 unspecified atom stereocenters. The predicted octanol–water partition coefficient (Wildman–Crippen LogP) is 3.94. The molecule has 1 saturated heterocycles. The van der Waals surface area contributed by atoms with Crippen LogP contribution >= 0.6 is 23.1 Å². The fourth-order valence-electron chi connectivity index (χ4n) is 4.61. The predicted molar refractivity (Wildman–Crippen MR) is 139 cm³/mol. The van der Waals surface area contributed by atoms with Gasteiger partial charge in [0.15, 0.2) is 5.16 Å². The first-order valence-electron chi connectivity index (χ1n) is 12.2. The molecular weight excluding hydrogens is 482 g/mol. The zero-order chi connectivity index (χ0) is 24.5. The Morgan fingerprint density at radius 3 is 2.66 bits per heavy atom. The number of thiophene rings is 1. The summed E-state index contributed by atoms with van der Waals surface area (Å²) in [6, 6.07) is 9.94. The van der Waals surface area contributed by atoms with Gasteiger partial charge in [0.1, 0.15) is 4.83 Å². The molecule has 35 heavy (non-hydrogen) atoms. The molecule has 2 aromatic heterocycles. The average molecular weight is 514 g/mol. The highest BCUT2D eigenvalue weighted by Crippen LogP contribution is 2.36. The first-order chi connectivity index (χ1) is 16.9. The van der Waals surface area contributed by atoms with Crippen molar-refractivity contribution in [3.8, 4) is 0 Å². The molecule has 0 bridgehead atoms. The van der Waals surface area contributed by atoms with E-state index >= 15 is 0 Å². The monoisotopic (exact) mass is 513 g/mol. The number of nitrogens with zero attached hydrogens (tertiary/aromatic N) is 3. The molecule has 3 aromatic rings. The topological polar surface area (TPSA) is 73.7 Å². The SMILES string of the molecule is CC(C)[C@H]1Cc2c(sc3nc(S[C@@H](C)C(=O)N4CCOCC4)n(Cc4ccccc4)c(=O)c23)CO1. The van der Waals surface area contributed by atoms with Crippen molar-refractivity contribution >= 4 is 39.2 Å². The van der Waals surface area contributed by atoms with Crippen LogP contribution in [-0.4, -0.2) is 58.0 Å². The molecule has 5 rings (SSSR count). The zero-order valence-electron chi connectivity index (χ0n) is 20.4. The number of fused-ring (bicyclic) bond motifs is 3. The Labute approximate surface area is 213 Å². The van der Waals surface area contributed by atoms with Gasteiger partial charge < -0.3 is 14.4 Å². The fraction of sp³-hybridized carbons (Fsp3) is 0.500. The Kier molecular flexibility index (Phi) is 7.29. The van der Waals surface area contributed by atoms with Gasteiger partial charge in [0.25, 0.3) is 5.56 Å². The van der Waals surface area contributed by atoms with Crippen molar-refractivity contribution in [2.24, 2.45) is 5.92 Å². The van der Waals surface area contributed by atoms with E-state index < -0.39 is 0 Å². The number of rotatable bonds is 6. The van der Waals surface area contributed by atoms with E-state index in [1.54, 1.807) is 15.9 Å². The number of amides is 1. The highest BCUT2D eigenvalue weighted by Gasteiger charge is 2.30. The number of thioether (sulfide) groups is 1. The number of morpholine rings is 1. The number of ether oxygens (including phenoxy) is 2. The third-order valence-corrected chi connectivity index (χ3v) is 8.85. The van der Waals surface area contributed by atoms with Gasteiger partial charge in [-0.1, -0.05) is 55.9 Å². The van der Waals surface area contributed by atoms with Gasteiger partial charge in [-0.05, 0) is 24.0 Å². The van der Waals surface area contributed by atoms with Gasteiger partial charge in [-0.2, -0.15) is 0 Å². The van der Waals surface area contributed by atoms with Crippen LogP contribution in [-0.2, 0) is 33.8 Å². The summed E-state index contributed by atoms with van der Waals surface area (Å²) in [6.07, 6.45) is 0.829. The minimum atomic E-state index is -0.359. The van der Waals surface area contributed by atoms with Crippen molar-refractivity contribution in [3.05, 3.63) is 56.7 Å². The Bertz CT molecular complexity index is 1270. The average Bonchev–Trinajstić information content (AvgIpc) is 3.24. The summed E-state index contributed by atoms with van der Waals surface area (Å²) < 4.78 is 13.2. The number of benzene rings is 1. The largest absolute Gasteiger partial charge is 0.378 e. The number of carbonyl (C=O) groups is 1. The van der Waals surface area contributed by atoms with E-state index in [4.69, 9.17) is 14.5 Å². The standard InChI is InChI=1S/C26H31N3O4S2/c1-16(2)20-13-19-21(15-33-20)35-23-22(19)25(31)29(14-18-7-5-4-6-8-18)26(27-23)34-17(3)24(30)28-9-11-32-12-10-28/h4-8,16-17,20H,9-15H2,1-3H3/t17-,20+/m0/s1. The van der Waals surface area contributed by atoms with Gasteiger partial charge in [0, 0.05) is 24.4 Å². The maximum Gasteiger partial charge on any atom is 0.263 e. The summed E-state index contributed by atoms with van der Waals surface area (Å²) in [5, 5.41) is 0.939. The highest BCUT2D eigenvalue weighted by atomic mass is 32.2. The Hall–Kier alpha value is -2.20. The maximum atomic E-state index is 14.0. The molecule has 2 aliphatic heterocycles. The molecule has 1 amide bonds. The Morgan fingerprint density at radius 2 is 1.94 bits per heavy atom. The zero-order valence-corrected chi connectivity index (χ0v) is 22.0. The molecule has 0 spiro atoms. The number of carbonyl (C=O) groups excluding carboxylic acids is 1. The van der Waals surface area contributed by atoms with E-state index in [0.29, 0.717) is 55.9 Å². The molecule has 0 aliphatic carbocycles. The number of hydrogen-bond donors (Lipinski definition) is 0. The number of hydrogen-bond acceptors (Lipinski definition) is 7. The molecular formula is C26H31N3O4S2. The molecule has 0 saturated carbocycles. The first-order valence-corrected chi connectivity index (χ1v) is 13.9. The summed E-state index contributed by atoms with van der Waals surface area (Å²) >= 11 is 2.91. The second kappa shape index (κ2) is 10.4. The van der Waals surface area contributed by atoms with E-state index in [1.807, 2.05) is 42.2 Å². The molecule has 4 heterocycles. The molecule has 7 nitrogen and oxygen atoms in total. The van der Waals surface area contributed by atoms with Crippen molar-refractivity contribution < 1.29 is 14.3 Å². The molecule has 2 atom stereocenters. The van der Waals surface area contributed by atoms with Crippen LogP contribution in [0.2, 0.25) is 0 Å². The van der Waals surface area contributed by atoms with Gasteiger partial charge in [-0.25, -0.2) is 4.98 Å². The van der Waals surface area contributed by atoms with E-state index in [2.05, 4.69) is 13.8 Å². The lowest BCUT2D eigenvalue weighted by Gasteiger charge is -2.29. The van der Waals surface area contributed by atoms with Crippen LogP contribution in [0.3, 0.4) is 0 Å². The van der Waals surface area contributed by atoms with Crippen LogP contribution < -0.4 is 5.56 Å². The van der Waals surface area contributed by atoms with Crippen molar-refractivity contribution in [2.45, 2.75) is 56.9 Å². The van der Waals surface area contributed by atoms with Crippen LogP contribution in [0.25, 0.3) is 10.2 Å². The van der Waals surface area contributed by atoms with Gasteiger partial charge in [-0.3, -0.25) is 14.2 Å². The van der Waals surface area contributed by atoms with Crippen LogP contribution in [0.4, 0.5) is 0 Å². The molecule has 1 fully saturated rings. The molecule has 0 N–H and O–H groups in total.